The van der Waals surface area contributed by atoms with E-state index in [-0.39, 0.29) is 24.4 Å². The van der Waals surface area contributed by atoms with Gasteiger partial charge in [0, 0.05) is 69.3 Å². The largest absolute Gasteiger partial charge is 0.454 e. The molecule has 212 valence electrons. The molecule has 0 bridgehead atoms. The molecule has 2 aliphatic rings. The first-order valence-electron chi connectivity index (χ1n) is 13.3. The van der Waals surface area contributed by atoms with Gasteiger partial charge < -0.3 is 35.6 Å². The van der Waals surface area contributed by atoms with Gasteiger partial charge in [0.1, 0.15) is 5.69 Å². The van der Waals surface area contributed by atoms with Crippen LogP contribution in [0.2, 0.25) is 0 Å². The van der Waals surface area contributed by atoms with E-state index < -0.39 is 0 Å². The van der Waals surface area contributed by atoms with Gasteiger partial charge in [-0.25, -0.2) is 4.79 Å². The lowest BCUT2D eigenvalue weighted by atomic mass is 10.1. The van der Waals surface area contributed by atoms with E-state index in [9.17, 15) is 9.59 Å². The predicted molar refractivity (Wildman–Crippen MR) is 155 cm³/mol. The molecule has 3 aromatic rings. The molecule has 5 rings (SSSR count). The number of piperazine rings is 1. The number of aromatic nitrogens is 1. The molecule has 3 amide bonds. The zero-order valence-electron chi connectivity index (χ0n) is 22.6. The summed E-state index contributed by atoms with van der Waals surface area (Å²) in [4.78, 5) is 36.7. The number of nitrogen functional groups attached to an aromatic ring is 1. The number of hydrogen-bond acceptors (Lipinski definition) is 9. The first-order chi connectivity index (χ1) is 19.4. The van der Waals surface area contributed by atoms with Gasteiger partial charge in [0.15, 0.2) is 11.5 Å². The van der Waals surface area contributed by atoms with Gasteiger partial charge in [0.05, 0.1) is 11.4 Å². The summed E-state index contributed by atoms with van der Waals surface area (Å²) in [6, 6.07) is 9.21. The van der Waals surface area contributed by atoms with E-state index in [2.05, 4.69) is 32.5 Å². The topological polar surface area (TPSA) is 125 Å². The second kappa shape index (κ2) is 13.0. The third-order valence-corrected chi connectivity index (χ3v) is 7.83. The Kier molecular flexibility index (Phi) is 8.99. The van der Waals surface area contributed by atoms with Gasteiger partial charge in [0.2, 0.25) is 6.79 Å². The van der Waals surface area contributed by atoms with Gasteiger partial charge in [-0.05, 0) is 42.8 Å². The average molecular weight is 566 g/mol. The third kappa shape index (κ3) is 7.20. The monoisotopic (exact) mass is 565 g/mol. The standard InChI is InChI=1S/C28H35N7O4S/c1-33-8-10-34(11-9-33)12-13-35(28(37)30-7-6-20-3-5-25-26(14-20)39-19-38-25)16-21-2-4-23(31-15-21)27(36)32-24-18-40-17-22(24)29/h2-5,14-15,17-18H,6-13,16,19,29H2,1H3,(H,30,37)(H,32,36). The number of nitrogens with one attached hydrogen (secondary N) is 2. The van der Waals surface area contributed by atoms with Crippen molar-refractivity contribution in [2.75, 3.05) is 70.7 Å². The number of hydrogen-bond donors (Lipinski definition) is 3. The molecule has 1 aromatic carbocycles. The van der Waals surface area contributed by atoms with E-state index in [1.54, 1.807) is 27.9 Å². The number of rotatable bonds is 10. The van der Waals surface area contributed by atoms with Crippen molar-refractivity contribution in [2.45, 2.75) is 13.0 Å². The number of nitrogens with zero attached hydrogens (tertiary/aromatic N) is 4. The number of anilines is 2. The Morgan fingerprint density at radius 3 is 2.62 bits per heavy atom. The van der Waals surface area contributed by atoms with Gasteiger partial charge in [-0.3, -0.25) is 14.7 Å². The van der Waals surface area contributed by atoms with E-state index in [1.165, 1.54) is 11.3 Å². The van der Waals surface area contributed by atoms with Crippen LogP contribution in [0.15, 0.2) is 47.3 Å². The van der Waals surface area contributed by atoms with Crippen LogP contribution in [-0.4, -0.2) is 91.3 Å². The number of ether oxygens (including phenoxy) is 2. The first-order valence-corrected chi connectivity index (χ1v) is 14.3. The van der Waals surface area contributed by atoms with Crippen molar-refractivity contribution in [3.8, 4) is 11.5 Å². The fraction of sp³-hybridized carbons (Fsp3) is 0.393. The van der Waals surface area contributed by atoms with Gasteiger partial charge in [-0.15, -0.1) is 11.3 Å². The lowest BCUT2D eigenvalue weighted by Gasteiger charge is -2.34. The second-order valence-corrected chi connectivity index (χ2v) is 10.7. The van der Waals surface area contributed by atoms with E-state index in [0.29, 0.717) is 37.4 Å². The lowest BCUT2D eigenvalue weighted by molar-refractivity contribution is 0.102. The smallest absolute Gasteiger partial charge is 0.317 e. The highest BCUT2D eigenvalue weighted by atomic mass is 32.1. The van der Waals surface area contributed by atoms with E-state index >= 15 is 0 Å². The van der Waals surface area contributed by atoms with E-state index in [0.717, 1.165) is 55.3 Å². The number of fused-ring (bicyclic) bond motifs is 1. The van der Waals surface area contributed by atoms with Crippen molar-refractivity contribution < 1.29 is 19.1 Å². The lowest BCUT2D eigenvalue weighted by Crippen LogP contribution is -2.49. The predicted octanol–water partition coefficient (Wildman–Crippen LogP) is 2.71. The quantitative estimate of drug-likeness (QED) is 0.343. The fourth-order valence-electron chi connectivity index (χ4n) is 4.58. The molecule has 4 heterocycles. The number of nitrogens with two attached hydrogens (primary N) is 1. The summed E-state index contributed by atoms with van der Waals surface area (Å²) in [5.41, 5.74) is 9.16. The Morgan fingerprint density at radius 2 is 1.88 bits per heavy atom. The Labute approximate surface area is 237 Å². The van der Waals surface area contributed by atoms with Crippen LogP contribution < -0.4 is 25.8 Å². The number of carbonyl (C=O) groups excluding carboxylic acids is 2. The van der Waals surface area contributed by atoms with Crippen molar-refractivity contribution in [3.63, 3.8) is 0 Å². The molecule has 11 nitrogen and oxygen atoms in total. The van der Waals surface area contributed by atoms with E-state index in [4.69, 9.17) is 15.2 Å². The number of likely N-dealkylation sites (N-methyl/N-ethyl adjacent to an activating group) is 1. The molecule has 40 heavy (non-hydrogen) atoms. The zero-order chi connectivity index (χ0) is 27.9. The molecule has 2 aromatic heterocycles. The summed E-state index contributed by atoms with van der Waals surface area (Å²) in [6.07, 6.45) is 2.32. The molecule has 0 unspecified atom stereocenters. The number of amides is 3. The van der Waals surface area contributed by atoms with Crippen molar-refractivity contribution >= 4 is 34.6 Å². The maximum absolute atomic E-state index is 13.3. The molecule has 1 saturated heterocycles. The first kappa shape index (κ1) is 27.7. The van der Waals surface area contributed by atoms with Crippen LogP contribution >= 0.6 is 11.3 Å². The summed E-state index contributed by atoms with van der Waals surface area (Å²) < 4.78 is 10.8. The zero-order valence-corrected chi connectivity index (χ0v) is 23.4. The van der Waals surface area contributed by atoms with Crippen molar-refractivity contribution in [1.82, 2.24) is 25.0 Å². The summed E-state index contributed by atoms with van der Waals surface area (Å²) in [7, 11) is 2.13. The van der Waals surface area contributed by atoms with Crippen LogP contribution in [-0.2, 0) is 13.0 Å². The van der Waals surface area contributed by atoms with Crippen LogP contribution in [0.25, 0.3) is 0 Å². The molecule has 12 heteroatoms. The average Bonchev–Trinajstić information content (AvgIpc) is 3.60. The molecular formula is C28H35N7O4S. The highest BCUT2D eigenvalue weighted by Gasteiger charge is 2.19. The Bertz CT molecular complexity index is 1310. The summed E-state index contributed by atoms with van der Waals surface area (Å²) in [5.74, 6) is 1.15. The summed E-state index contributed by atoms with van der Waals surface area (Å²) >= 11 is 1.42. The number of carbonyl (C=O) groups is 2. The van der Waals surface area contributed by atoms with Gasteiger partial charge in [-0.1, -0.05) is 12.1 Å². The van der Waals surface area contributed by atoms with Crippen molar-refractivity contribution in [3.05, 3.63) is 64.1 Å². The van der Waals surface area contributed by atoms with Crippen LogP contribution in [0.3, 0.4) is 0 Å². The summed E-state index contributed by atoms with van der Waals surface area (Å²) in [6.45, 7) is 6.49. The minimum atomic E-state index is -0.329. The highest BCUT2D eigenvalue weighted by Crippen LogP contribution is 2.32. The van der Waals surface area contributed by atoms with Gasteiger partial charge in [0.25, 0.3) is 5.91 Å². The molecule has 0 spiro atoms. The van der Waals surface area contributed by atoms with Crippen molar-refractivity contribution in [2.24, 2.45) is 0 Å². The van der Waals surface area contributed by atoms with Gasteiger partial charge >= 0.3 is 6.03 Å². The van der Waals surface area contributed by atoms with Crippen molar-refractivity contribution in [1.29, 1.82) is 0 Å². The third-order valence-electron chi connectivity index (χ3n) is 7.07. The molecule has 1 fully saturated rings. The maximum atomic E-state index is 13.3. The molecule has 2 aliphatic heterocycles. The second-order valence-electron chi connectivity index (χ2n) is 9.98. The number of benzene rings is 1. The highest BCUT2D eigenvalue weighted by molar-refractivity contribution is 7.09. The maximum Gasteiger partial charge on any atom is 0.317 e. The van der Waals surface area contributed by atoms with Gasteiger partial charge in [-0.2, -0.15) is 0 Å². The Morgan fingerprint density at radius 1 is 1.07 bits per heavy atom. The molecular weight excluding hydrogens is 530 g/mol. The minimum absolute atomic E-state index is 0.135. The normalized spacial score (nSPS) is 15.1. The van der Waals surface area contributed by atoms with E-state index in [1.807, 2.05) is 24.3 Å². The number of urea groups is 1. The number of pyridine rings is 1. The Balaban J connectivity index is 1.18. The van der Waals surface area contributed by atoms with Crippen LogP contribution in [0.4, 0.5) is 16.2 Å². The minimum Gasteiger partial charge on any atom is -0.454 e. The molecule has 0 aliphatic carbocycles. The molecule has 0 saturated carbocycles. The Hall–Kier alpha value is -3.87. The van der Waals surface area contributed by atoms with Crippen LogP contribution in [0, 0.1) is 0 Å². The molecule has 0 radical (unpaired) electrons. The molecule has 0 atom stereocenters. The number of thiophene rings is 1. The van der Waals surface area contributed by atoms with Crippen LogP contribution in [0.5, 0.6) is 11.5 Å². The summed E-state index contributed by atoms with van der Waals surface area (Å²) in [5, 5.41) is 9.40. The van der Waals surface area contributed by atoms with Crippen LogP contribution in [0.1, 0.15) is 21.6 Å². The SMILES string of the molecule is CN1CCN(CCN(Cc2ccc(C(=O)Nc3cscc3N)nc2)C(=O)NCCc2ccc3c(c2)OCO3)CC1. The molecule has 4 N–H and O–H groups in total. The fourth-order valence-corrected chi connectivity index (χ4v) is 5.25.